The second-order valence-electron chi connectivity index (χ2n) is 5.33. The van der Waals surface area contributed by atoms with E-state index < -0.39 is 0 Å². The Morgan fingerprint density at radius 2 is 1.83 bits per heavy atom. The van der Waals surface area contributed by atoms with E-state index in [0.717, 1.165) is 12.6 Å². The predicted octanol–water partition coefficient (Wildman–Crippen LogP) is 4.71. The van der Waals surface area contributed by atoms with Crippen molar-refractivity contribution in [1.82, 2.24) is 5.32 Å². The minimum absolute atomic E-state index is 0.742. The van der Waals surface area contributed by atoms with E-state index in [1.165, 1.54) is 54.2 Å². The van der Waals surface area contributed by atoms with Crippen LogP contribution in [0.1, 0.15) is 44.1 Å². The summed E-state index contributed by atoms with van der Waals surface area (Å²) in [4.78, 5) is 0. The van der Waals surface area contributed by atoms with E-state index in [2.05, 4.69) is 35.0 Å². The molecule has 18 heavy (non-hydrogen) atoms. The average Bonchev–Trinajstić information content (AvgIpc) is 2.64. The summed E-state index contributed by atoms with van der Waals surface area (Å²) in [5.74, 6) is 0. The first-order chi connectivity index (χ1) is 8.93. The van der Waals surface area contributed by atoms with Gasteiger partial charge >= 0.3 is 0 Å². The van der Waals surface area contributed by atoms with Crippen LogP contribution in [0.25, 0.3) is 10.1 Å². The van der Waals surface area contributed by atoms with Crippen molar-refractivity contribution in [3.05, 3.63) is 35.2 Å². The lowest BCUT2D eigenvalue weighted by Gasteiger charge is -2.15. The molecule has 0 bridgehead atoms. The fourth-order valence-corrected chi connectivity index (χ4v) is 3.87. The lowest BCUT2D eigenvalue weighted by atomic mass is 10.1. The second-order valence-corrected chi connectivity index (χ2v) is 6.24. The van der Waals surface area contributed by atoms with E-state index in [9.17, 15) is 0 Å². The number of hydrogen-bond donors (Lipinski definition) is 1. The Balaban J connectivity index is 1.65. The Hall–Kier alpha value is -0.860. The average molecular weight is 259 g/mol. The molecule has 1 aliphatic carbocycles. The van der Waals surface area contributed by atoms with E-state index in [1.807, 2.05) is 11.3 Å². The molecule has 2 aromatic rings. The van der Waals surface area contributed by atoms with Gasteiger partial charge in [0.05, 0.1) is 0 Å². The summed E-state index contributed by atoms with van der Waals surface area (Å²) in [6, 6.07) is 9.47. The Bertz CT molecular complexity index is 495. The quantitative estimate of drug-likeness (QED) is 0.787. The molecule has 0 spiro atoms. The van der Waals surface area contributed by atoms with Crippen molar-refractivity contribution in [3.63, 3.8) is 0 Å². The molecule has 1 nitrogen and oxygen atoms in total. The molecule has 2 heteroatoms. The topological polar surface area (TPSA) is 12.0 Å². The van der Waals surface area contributed by atoms with Crippen molar-refractivity contribution < 1.29 is 0 Å². The van der Waals surface area contributed by atoms with Gasteiger partial charge in [-0.1, -0.05) is 43.9 Å². The van der Waals surface area contributed by atoms with Gasteiger partial charge in [-0.2, -0.15) is 0 Å². The number of rotatable bonds is 3. The van der Waals surface area contributed by atoms with Crippen molar-refractivity contribution in [1.29, 1.82) is 0 Å². The molecule has 0 radical (unpaired) electrons. The van der Waals surface area contributed by atoms with Crippen LogP contribution in [0.15, 0.2) is 29.6 Å². The summed E-state index contributed by atoms with van der Waals surface area (Å²) < 4.78 is 1.41. The molecule has 1 aliphatic rings. The third-order valence-electron chi connectivity index (χ3n) is 4.00. The van der Waals surface area contributed by atoms with Gasteiger partial charge in [0, 0.05) is 17.3 Å². The Kier molecular flexibility index (Phi) is 3.96. The molecule has 0 atom stereocenters. The van der Waals surface area contributed by atoms with E-state index in [4.69, 9.17) is 0 Å². The van der Waals surface area contributed by atoms with Crippen LogP contribution in [0.4, 0.5) is 0 Å². The van der Waals surface area contributed by atoms with Gasteiger partial charge in [-0.3, -0.25) is 0 Å². The summed E-state index contributed by atoms with van der Waals surface area (Å²) in [5, 5.41) is 7.51. The fourth-order valence-electron chi connectivity index (χ4n) is 2.91. The smallest absolute Gasteiger partial charge is 0.0346 e. The summed E-state index contributed by atoms with van der Waals surface area (Å²) in [7, 11) is 0. The number of nitrogens with one attached hydrogen (secondary N) is 1. The first-order valence-corrected chi connectivity index (χ1v) is 8.00. The summed E-state index contributed by atoms with van der Waals surface area (Å²) in [5.41, 5.74) is 1.47. The van der Waals surface area contributed by atoms with Crippen LogP contribution in [0.2, 0.25) is 0 Å². The lowest BCUT2D eigenvalue weighted by molar-refractivity contribution is 0.460. The highest BCUT2D eigenvalue weighted by Crippen LogP contribution is 2.26. The van der Waals surface area contributed by atoms with E-state index in [0.29, 0.717) is 0 Å². The molecule has 0 aliphatic heterocycles. The number of benzene rings is 1. The Morgan fingerprint density at radius 3 is 2.67 bits per heavy atom. The zero-order chi connectivity index (χ0) is 12.2. The molecule has 1 aromatic carbocycles. The molecular weight excluding hydrogens is 238 g/mol. The van der Waals surface area contributed by atoms with Gasteiger partial charge in [0.2, 0.25) is 0 Å². The van der Waals surface area contributed by atoms with Crippen molar-refractivity contribution >= 4 is 21.4 Å². The maximum absolute atomic E-state index is 3.76. The number of fused-ring (bicyclic) bond motifs is 1. The molecule has 1 aromatic heterocycles. The van der Waals surface area contributed by atoms with Gasteiger partial charge in [0.15, 0.2) is 0 Å². The first-order valence-electron chi connectivity index (χ1n) is 7.12. The van der Waals surface area contributed by atoms with Gasteiger partial charge in [-0.15, -0.1) is 11.3 Å². The van der Waals surface area contributed by atoms with Crippen LogP contribution in [0.5, 0.6) is 0 Å². The fraction of sp³-hybridized carbons (Fsp3) is 0.500. The zero-order valence-corrected chi connectivity index (χ0v) is 11.6. The molecule has 3 rings (SSSR count). The summed E-state index contributed by atoms with van der Waals surface area (Å²) in [6.07, 6.45) is 8.40. The summed E-state index contributed by atoms with van der Waals surface area (Å²) in [6.45, 7) is 1.04. The minimum atomic E-state index is 0.742. The third kappa shape index (κ3) is 2.76. The molecule has 0 saturated heterocycles. The van der Waals surface area contributed by atoms with E-state index >= 15 is 0 Å². The first kappa shape index (κ1) is 12.2. The number of hydrogen-bond acceptors (Lipinski definition) is 2. The minimum Gasteiger partial charge on any atom is -0.310 e. The maximum atomic E-state index is 3.76. The van der Waals surface area contributed by atoms with Crippen molar-refractivity contribution in [3.8, 4) is 0 Å². The van der Waals surface area contributed by atoms with Crippen molar-refractivity contribution in [2.45, 2.75) is 51.1 Å². The Morgan fingerprint density at radius 1 is 1.06 bits per heavy atom. The molecule has 1 N–H and O–H groups in total. The maximum Gasteiger partial charge on any atom is 0.0346 e. The standard InChI is InChI=1S/C16H21NS/c1-2-4-8-14(7-3-1)17-11-13-12-18-16-10-6-5-9-15(13)16/h5-6,9-10,12,14,17H,1-4,7-8,11H2. The highest BCUT2D eigenvalue weighted by atomic mass is 32.1. The van der Waals surface area contributed by atoms with E-state index in [-0.39, 0.29) is 0 Å². The van der Waals surface area contributed by atoms with Crippen LogP contribution in [0, 0.1) is 0 Å². The number of thiophene rings is 1. The predicted molar refractivity (Wildman–Crippen MR) is 80.2 cm³/mol. The highest BCUT2D eigenvalue weighted by Gasteiger charge is 2.12. The molecule has 1 saturated carbocycles. The molecule has 1 fully saturated rings. The van der Waals surface area contributed by atoms with Gasteiger partial charge in [-0.05, 0) is 35.2 Å². The van der Waals surface area contributed by atoms with Crippen LogP contribution in [-0.2, 0) is 6.54 Å². The van der Waals surface area contributed by atoms with Crippen LogP contribution >= 0.6 is 11.3 Å². The van der Waals surface area contributed by atoms with Crippen LogP contribution in [-0.4, -0.2) is 6.04 Å². The monoisotopic (exact) mass is 259 g/mol. The van der Waals surface area contributed by atoms with Crippen molar-refractivity contribution in [2.24, 2.45) is 0 Å². The molecule has 0 unspecified atom stereocenters. The largest absolute Gasteiger partial charge is 0.310 e. The van der Waals surface area contributed by atoms with Crippen LogP contribution < -0.4 is 5.32 Å². The Labute approximate surface area is 113 Å². The normalized spacial score (nSPS) is 18.0. The van der Waals surface area contributed by atoms with Gasteiger partial charge in [0.25, 0.3) is 0 Å². The summed E-state index contributed by atoms with van der Waals surface area (Å²) >= 11 is 1.86. The molecule has 0 amide bonds. The molecular formula is C16H21NS. The van der Waals surface area contributed by atoms with Crippen LogP contribution in [0.3, 0.4) is 0 Å². The highest BCUT2D eigenvalue weighted by molar-refractivity contribution is 7.17. The molecule has 1 heterocycles. The second kappa shape index (κ2) is 5.85. The zero-order valence-electron chi connectivity index (χ0n) is 10.8. The van der Waals surface area contributed by atoms with Gasteiger partial charge < -0.3 is 5.32 Å². The van der Waals surface area contributed by atoms with Crippen molar-refractivity contribution in [2.75, 3.05) is 0 Å². The third-order valence-corrected chi connectivity index (χ3v) is 5.01. The molecule has 96 valence electrons. The van der Waals surface area contributed by atoms with E-state index in [1.54, 1.807) is 0 Å². The lowest BCUT2D eigenvalue weighted by Crippen LogP contribution is -2.27. The van der Waals surface area contributed by atoms with Gasteiger partial charge in [0.1, 0.15) is 0 Å². The SMILES string of the molecule is c1ccc2c(CNC3CCCCCC3)csc2c1. The van der Waals surface area contributed by atoms with Gasteiger partial charge in [-0.25, -0.2) is 0 Å².